The zero-order valence-electron chi connectivity index (χ0n) is 13.9. The van der Waals surface area contributed by atoms with Crippen LogP contribution in [0.5, 0.6) is 0 Å². The number of urea groups is 1. The van der Waals surface area contributed by atoms with Crippen LogP contribution in [0.1, 0.15) is 38.5 Å². The van der Waals surface area contributed by atoms with Gasteiger partial charge in [0.05, 0.1) is 37.8 Å². The number of carbonyl (C=O) groups excluding carboxylic acids is 3. The number of ketones is 2. The third kappa shape index (κ3) is 12.2. The molecule has 0 bridgehead atoms. The number of nitriles is 3. The summed E-state index contributed by atoms with van der Waals surface area (Å²) in [5.41, 5.74) is 4.92. The van der Waals surface area contributed by atoms with Crippen LogP contribution >= 0.6 is 0 Å². The van der Waals surface area contributed by atoms with Crippen molar-refractivity contribution in [3.8, 4) is 18.2 Å². The van der Waals surface area contributed by atoms with Crippen LogP contribution in [-0.2, 0) is 14.3 Å². The lowest BCUT2D eigenvalue weighted by Crippen LogP contribution is -2.39. The molecular weight excluding hydrogens is 326 g/mol. The van der Waals surface area contributed by atoms with Crippen LogP contribution in [-0.4, -0.2) is 36.9 Å². The van der Waals surface area contributed by atoms with Crippen molar-refractivity contribution in [3.63, 3.8) is 0 Å². The van der Waals surface area contributed by atoms with Gasteiger partial charge < -0.3 is 15.8 Å². The van der Waals surface area contributed by atoms with Crippen LogP contribution in [0.25, 0.3) is 0 Å². The molecule has 134 valence electrons. The van der Waals surface area contributed by atoms with Crippen LogP contribution in [0.3, 0.4) is 0 Å². The number of Topliss-reactive ketones (excluding diaryl/α,β-unsaturated/α-hetero) is 2. The Hall–Kier alpha value is -2.96. The molecule has 0 saturated heterocycles. The van der Waals surface area contributed by atoms with Gasteiger partial charge in [0.25, 0.3) is 0 Å². The van der Waals surface area contributed by atoms with Crippen molar-refractivity contribution < 1.29 is 19.1 Å². The van der Waals surface area contributed by atoms with Crippen molar-refractivity contribution >= 4 is 17.6 Å². The van der Waals surface area contributed by atoms with Crippen molar-refractivity contribution in [1.29, 1.82) is 15.8 Å². The first kappa shape index (κ1) is 22.0. The van der Waals surface area contributed by atoms with E-state index >= 15 is 0 Å². The number of hydrogen-bond donors (Lipinski definition) is 2. The summed E-state index contributed by atoms with van der Waals surface area (Å²) in [6.07, 6.45) is 0.240. The van der Waals surface area contributed by atoms with E-state index in [-0.39, 0.29) is 63.3 Å². The molecule has 0 aromatic heterocycles. The van der Waals surface area contributed by atoms with E-state index in [0.29, 0.717) is 0 Å². The van der Waals surface area contributed by atoms with Gasteiger partial charge in [0.15, 0.2) is 0 Å². The van der Waals surface area contributed by atoms with E-state index in [9.17, 15) is 14.4 Å². The number of primary amides is 1. The molecule has 0 radical (unpaired) electrons. The minimum Gasteiger partial charge on any atom is -0.380 e. The fraction of sp³-hybridized carbons (Fsp3) is 0.625. The second kappa shape index (κ2) is 13.5. The molecule has 2 atom stereocenters. The summed E-state index contributed by atoms with van der Waals surface area (Å²) in [6, 6.07) is 3.64. The Bertz CT molecular complexity index is 585. The summed E-state index contributed by atoms with van der Waals surface area (Å²) in [5.74, 6) is -0.886. The van der Waals surface area contributed by atoms with Crippen molar-refractivity contribution in [2.75, 3.05) is 13.2 Å². The Labute approximate surface area is 146 Å². The number of hydrogen-bond acceptors (Lipinski definition) is 7. The molecule has 25 heavy (non-hydrogen) atoms. The fourth-order valence-corrected chi connectivity index (χ4v) is 2.11. The van der Waals surface area contributed by atoms with Gasteiger partial charge in [-0.05, 0) is 5.92 Å². The monoisotopic (exact) mass is 347 g/mol. The molecule has 0 fully saturated rings. The Kier molecular flexibility index (Phi) is 11.9. The number of ether oxygens (including phenoxy) is 1. The summed E-state index contributed by atoms with van der Waals surface area (Å²) >= 11 is 0. The first-order valence-corrected chi connectivity index (χ1v) is 7.73. The largest absolute Gasteiger partial charge is 0.380 e. The van der Waals surface area contributed by atoms with E-state index in [2.05, 4.69) is 5.32 Å². The molecule has 0 aliphatic carbocycles. The van der Waals surface area contributed by atoms with Gasteiger partial charge in [-0.25, -0.2) is 4.79 Å². The van der Waals surface area contributed by atoms with Gasteiger partial charge >= 0.3 is 6.03 Å². The van der Waals surface area contributed by atoms with E-state index in [4.69, 9.17) is 26.3 Å². The number of nitrogens with zero attached hydrogens (tertiary/aromatic N) is 3. The van der Waals surface area contributed by atoms with Crippen LogP contribution in [0.4, 0.5) is 4.79 Å². The minimum atomic E-state index is -1.03. The summed E-state index contributed by atoms with van der Waals surface area (Å²) in [4.78, 5) is 34.6. The standard InChI is InChI=1S/C16H21N5O4/c17-4-1-3-14(22)7-12(11-25-6-2-5-18)8-15(23)9-13(10-19)21-16(20)24/h12-13H,1-3,6-9,11H2,(H3,20,21,24). The summed E-state index contributed by atoms with van der Waals surface area (Å²) < 4.78 is 5.29. The fourth-order valence-electron chi connectivity index (χ4n) is 2.11. The quantitative estimate of drug-likeness (QED) is 0.462. The molecular formula is C16H21N5O4. The SMILES string of the molecule is N#CCCOCC(CC(=O)CCC#N)CC(=O)CC(C#N)NC(N)=O. The first-order chi connectivity index (χ1) is 11.9. The van der Waals surface area contributed by atoms with E-state index in [1.54, 1.807) is 6.07 Å². The van der Waals surface area contributed by atoms with Gasteiger partial charge in [0.2, 0.25) is 0 Å². The Morgan fingerprint density at radius 1 is 1.00 bits per heavy atom. The topological polar surface area (TPSA) is 170 Å². The number of amides is 2. The number of nitrogens with one attached hydrogen (secondary N) is 1. The highest BCUT2D eigenvalue weighted by molar-refractivity contribution is 5.83. The van der Waals surface area contributed by atoms with E-state index < -0.39 is 18.0 Å². The molecule has 3 N–H and O–H groups in total. The van der Waals surface area contributed by atoms with Gasteiger partial charge in [-0.1, -0.05) is 0 Å². The molecule has 0 saturated carbocycles. The predicted molar refractivity (Wildman–Crippen MR) is 85.4 cm³/mol. The second-order valence-electron chi connectivity index (χ2n) is 5.39. The molecule has 2 unspecified atom stereocenters. The molecule has 9 heteroatoms. The highest BCUT2D eigenvalue weighted by Gasteiger charge is 2.21. The van der Waals surface area contributed by atoms with Crippen molar-refractivity contribution in [2.45, 2.75) is 44.6 Å². The molecule has 0 aromatic carbocycles. The third-order valence-corrected chi connectivity index (χ3v) is 3.16. The molecule has 0 aromatic rings. The Morgan fingerprint density at radius 3 is 2.20 bits per heavy atom. The van der Waals surface area contributed by atoms with E-state index in [1.807, 2.05) is 12.1 Å². The minimum absolute atomic E-state index is 0.0104. The average molecular weight is 347 g/mol. The molecule has 0 spiro atoms. The lowest BCUT2D eigenvalue weighted by atomic mass is 9.93. The maximum absolute atomic E-state index is 12.1. The molecule has 0 aliphatic heterocycles. The van der Waals surface area contributed by atoms with Gasteiger partial charge in [0.1, 0.15) is 17.6 Å². The smallest absolute Gasteiger partial charge is 0.313 e. The van der Waals surface area contributed by atoms with Crippen LogP contribution in [0.2, 0.25) is 0 Å². The zero-order chi connectivity index (χ0) is 19.1. The molecule has 0 aliphatic rings. The summed E-state index contributed by atoms with van der Waals surface area (Å²) in [6.45, 7) is 0.309. The highest BCUT2D eigenvalue weighted by atomic mass is 16.5. The van der Waals surface area contributed by atoms with Crippen molar-refractivity contribution in [2.24, 2.45) is 11.7 Å². The second-order valence-corrected chi connectivity index (χ2v) is 5.39. The van der Waals surface area contributed by atoms with Crippen LogP contribution in [0, 0.1) is 39.9 Å². The number of carbonyl (C=O) groups is 3. The van der Waals surface area contributed by atoms with Gasteiger partial charge in [0, 0.05) is 32.1 Å². The average Bonchev–Trinajstić information content (AvgIpc) is 2.55. The first-order valence-electron chi connectivity index (χ1n) is 7.73. The van der Waals surface area contributed by atoms with Gasteiger partial charge in [-0.15, -0.1) is 0 Å². The lowest BCUT2D eigenvalue weighted by molar-refractivity contribution is -0.123. The number of rotatable bonds is 13. The summed E-state index contributed by atoms with van der Waals surface area (Å²) in [7, 11) is 0. The zero-order valence-corrected chi connectivity index (χ0v) is 13.9. The van der Waals surface area contributed by atoms with Crippen molar-refractivity contribution in [3.05, 3.63) is 0 Å². The Morgan fingerprint density at radius 2 is 1.64 bits per heavy atom. The maximum Gasteiger partial charge on any atom is 0.313 e. The number of nitrogens with two attached hydrogens (primary N) is 1. The van der Waals surface area contributed by atoms with Crippen molar-refractivity contribution in [1.82, 2.24) is 5.32 Å². The predicted octanol–water partition coefficient (Wildman–Crippen LogP) is 0.706. The molecule has 0 rings (SSSR count). The summed E-state index contributed by atoms with van der Waals surface area (Å²) in [5, 5.41) is 28.0. The molecule has 0 heterocycles. The van der Waals surface area contributed by atoms with Gasteiger partial charge in [-0.2, -0.15) is 15.8 Å². The normalized spacial score (nSPS) is 12.0. The molecule has 2 amide bonds. The van der Waals surface area contributed by atoms with E-state index in [0.717, 1.165) is 0 Å². The maximum atomic E-state index is 12.1. The van der Waals surface area contributed by atoms with E-state index in [1.165, 1.54) is 0 Å². The highest BCUT2D eigenvalue weighted by Crippen LogP contribution is 2.15. The third-order valence-electron chi connectivity index (χ3n) is 3.16. The van der Waals surface area contributed by atoms with Gasteiger partial charge in [-0.3, -0.25) is 9.59 Å². The Balaban J connectivity index is 4.62. The lowest BCUT2D eigenvalue weighted by Gasteiger charge is -2.16. The van der Waals surface area contributed by atoms with Crippen LogP contribution in [0.15, 0.2) is 0 Å². The van der Waals surface area contributed by atoms with Crippen LogP contribution < -0.4 is 11.1 Å². The molecule has 9 nitrogen and oxygen atoms in total.